The Morgan fingerprint density at radius 2 is 1.52 bits per heavy atom. The standard InChI is InChI=1S/C17H20N4O6/c1-20-14-11(15(22)21(2)17(20)24)12(18-16(23)19-14)8-6-9(25-3)13(27-5)10(7-8)26-4/h6-7,12H,1-5H3,(H2,18,19,23). The molecule has 1 unspecified atom stereocenters. The summed E-state index contributed by atoms with van der Waals surface area (Å²) in [4.78, 5) is 37.1. The number of anilines is 1. The number of amides is 2. The first-order chi connectivity index (χ1) is 12.8. The first-order valence-corrected chi connectivity index (χ1v) is 8.01. The molecule has 1 aromatic carbocycles. The van der Waals surface area contributed by atoms with E-state index in [0.717, 1.165) is 4.57 Å². The van der Waals surface area contributed by atoms with Gasteiger partial charge in [0.2, 0.25) is 5.75 Å². The molecule has 1 aliphatic rings. The number of rotatable bonds is 4. The first-order valence-electron chi connectivity index (χ1n) is 8.01. The van der Waals surface area contributed by atoms with Gasteiger partial charge in [0.1, 0.15) is 5.82 Å². The van der Waals surface area contributed by atoms with Crippen LogP contribution in [0.3, 0.4) is 0 Å². The summed E-state index contributed by atoms with van der Waals surface area (Å²) in [6.45, 7) is 0. The minimum atomic E-state index is -0.812. The van der Waals surface area contributed by atoms with Gasteiger partial charge in [-0.05, 0) is 17.7 Å². The summed E-state index contributed by atoms with van der Waals surface area (Å²) in [5.41, 5.74) is -0.284. The van der Waals surface area contributed by atoms with Gasteiger partial charge in [-0.15, -0.1) is 0 Å². The Labute approximate surface area is 154 Å². The fourth-order valence-corrected chi connectivity index (χ4v) is 3.15. The van der Waals surface area contributed by atoms with Crippen LogP contribution in [0.4, 0.5) is 10.6 Å². The molecule has 2 aromatic rings. The number of ether oxygens (including phenoxy) is 3. The molecule has 27 heavy (non-hydrogen) atoms. The number of nitrogens with one attached hydrogen (secondary N) is 2. The number of methoxy groups -OCH3 is 3. The molecular weight excluding hydrogens is 356 g/mol. The summed E-state index contributed by atoms with van der Waals surface area (Å²) >= 11 is 0. The summed E-state index contributed by atoms with van der Waals surface area (Å²) in [6.07, 6.45) is 0. The number of carbonyl (C=O) groups excluding carboxylic acids is 1. The highest BCUT2D eigenvalue weighted by atomic mass is 16.5. The van der Waals surface area contributed by atoms with E-state index in [0.29, 0.717) is 22.8 Å². The molecule has 0 bridgehead atoms. The molecule has 0 spiro atoms. The maximum absolute atomic E-state index is 12.8. The van der Waals surface area contributed by atoms with Crippen molar-refractivity contribution in [2.45, 2.75) is 6.04 Å². The summed E-state index contributed by atoms with van der Waals surface area (Å²) < 4.78 is 18.2. The van der Waals surface area contributed by atoms with Crippen LogP contribution in [0, 0.1) is 0 Å². The van der Waals surface area contributed by atoms with Crippen LogP contribution in [0.15, 0.2) is 21.7 Å². The third-order valence-corrected chi connectivity index (χ3v) is 4.52. The van der Waals surface area contributed by atoms with Gasteiger partial charge >= 0.3 is 11.7 Å². The van der Waals surface area contributed by atoms with Crippen LogP contribution in [0.2, 0.25) is 0 Å². The van der Waals surface area contributed by atoms with Crippen molar-refractivity contribution in [3.05, 3.63) is 44.1 Å². The van der Waals surface area contributed by atoms with E-state index in [-0.39, 0.29) is 11.4 Å². The lowest BCUT2D eigenvalue weighted by molar-refractivity contribution is 0.248. The average Bonchev–Trinajstić information content (AvgIpc) is 2.68. The van der Waals surface area contributed by atoms with E-state index < -0.39 is 23.3 Å². The summed E-state index contributed by atoms with van der Waals surface area (Å²) in [5, 5.41) is 5.24. The van der Waals surface area contributed by atoms with Crippen molar-refractivity contribution >= 4 is 11.8 Å². The SMILES string of the molecule is COc1cc(C2NC(=O)Nc3c2c(=O)n(C)c(=O)n3C)cc(OC)c1OC. The second-order valence-corrected chi connectivity index (χ2v) is 5.96. The Morgan fingerprint density at radius 1 is 0.926 bits per heavy atom. The van der Waals surface area contributed by atoms with Crippen molar-refractivity contribution < 1.29 is 19.0 Å². The van der Waals surface area contributed by atoms with Gasteiger partial charge in [-0.2, -0.15) is 0 Å². The molecule has 3 rings (SSSR count). The highest BCUT2D eigenvalue weighted by Crippen LogP contribution is 2.41. The van der Waals surface area contributed by atoms with Crippen molar-refractivity contribution in [1.82, 2.24) is 14.5 Å². The Balaban J connectivity index is 2.31. The maximum atomic E-state index is 12.8. The number of hydrogen-bond acceptors (Lipinski definition) is 6. The molecule has 0 saturated heterocycles. The molecule has 10 heteroatoms. The third kappa shape index (κ3) is 2.78. The van der Waals surface area contributed by atoms with Crippen LogP contribution in [0.1, 0.15) is 17.2 Å². The first kappa shape index (κ1) is 18.4. The van der Waals surface area contributed by atoms with Gasteiger partial charge in [-0.25, -0.2) is 9.59 Å². The van der Waals surface area contributed by atoms with Crippen molar-refractivity contribution in [3.63, 3.8) is 0 Å². The number of benzene rings is 1. The van der Waals surface area contributed by atoms with E-state index in [4.69, 9.17) is 14.2 Å². The summed E-state index contributed by atoms with van der Waals surface area (Å²) in [7, 11) is 7.29. The van der Waals surface area contributed by atoms with E-state index in [1.807, 2.05) is 0 Å². The molecule has 0 saturated carbocycles. The number of hydrogen-bond donors (Lipinski definition) is 2. The smallest absolute Gasteiger partial charge is 0.332 e. The highest BCUT2D eigenvalue weighted by Gasteiger charge is 2.33. The van der Waals surface area contributed by atoms with E-state index in [2.05, 4.69) is 10.6 Å². The van der Waals surface area contributed by atoms with Gasteiger partial charge in [0, 0.05) is 14.1 Å². The molecule has 0 radical (unpaired) electrons. The molecule has 0 aliphatic carbocycles. The lowest BCUT2D eigenvalue weighted by atomic mass is 9.97. The van der Waals surface area contributed by atoms with Gasteiger partial charge in [0.15, 0.2) is 11.5 Å². The molecule has 144 valence electrons. The maximum Gasteiger partial charge on any atom is 0.332 e. The van der Waals surface area contributed by atoms with Crippen molar-refractivity contribution in [2.24, 2.45) is 14.1 Å². The summed E-state index contributed by atoms with van der Waals surface area (Å²) in [6, 6.07) is 1.94. The topological polar surface area (TPSA) is 113 Å². The Kier molecular flexibility index (Phi) is 4.56. The zero-order valence-corrected chi connectivity index (χ0v) is 15.6. The number of nitrogens with zero attached hydrogens (tertiary/aromatic N) is 2. The highest BCUT2D eigenvalue weighted by molar-refractivity contribution is 5.92. The zero-order valence-electron chi connectivity index (χ0n) is 15.6. The molecule has 2 N–H and O–H groups in total. The Bertz CT molecular complexity index is 1010. The minimum Gasteiger partial charge on any atom is -0.493 e. The van der Waals surface area contributed by atoms with Crippen LogP contribution in [-0.4, -0.2) is 36.5 Å². The van der Waals surface area contributed by atoms with Crippen LogP contribution >= 0.6 is 0 Å². The molecule has 1 atom stereocenters. The fourth-order valence-electron chi connectivity index (χ4n) is 3.15. The number of carbonyl (C=O) groups is 1. The van der Waals surface area contributed by atoms with Gasteiger partial charge in [0.25, 0.3) is 5.56 Å². The van der Waals surface area contributed by atoms with Gasteiger partial charge in [-0.3, -0.25) is 19.2 Å². The number of aromatic nitrogens is 2. The van der Waals surface area contributed by atoms with Crippen molar-refractivity contribution in [1.29, 1.82) is 0 Å². The van der Waals surface area contributed by atoms with Crippen LogP contribution in [-0.2, 0) is 14.1 Å². The Hall–Kier alpha value is -3.43. The van der Waals surface area contributed by atoms with E-state index in [1.54, 1.807) is 12.1 Å². The third-order valence-electron chi connectivity index (χ3n) is 4.52. The second kappa shape index (κ2) is 6.71. The summed E-state index contributed by atoms with van der Waals surface area (Å²) in [5.74, 6) is 1.29. The monoisotopic (exact) mass is 376 g/mol. The van der Waals surface area contributed by atoms with Gasteiger partial charge < -0.3 is 19.5 Å². The van der Waals surface area contributed by atoms with Crippen LogP contribution in [0.5, 0.6) is 17.2 Å². The molecule has 0 fully saturated rings. The van der Waals surface area contributed by atoms with Crippen molar-refractivity contribution in [2.75, 3.05) is 26.6 Å². The largest absolute Gasteiger partial charge is 0.493 e. The second-order valence-electron chi connectivity index (χ2n) is 5.96. The van der Waals surface area contributed by atoms with Crippen molar-refractivity contribution in [3.8, 4) is 17.2 Å². The molecule has 2 amide bonds. The lowest BCUT2D eigenvalue weighted by Gasteiger charge is -2.29. The molecule has 1 aromatic heterocycles. The molecule has 2 heterocycles. The Morgan fingerprint density at radius 3 is 2.04 bits per heavy atom. The molecule has 10 nitrogen and oxygen atoms in total. The molecule has 1 aliphatic heterocycles. The van der Waals surface area contributed by atoms with E-state index in [9.17, 15) is 14.4 Å². The fraction of sp³-hybridized carbons (Fsp3) is 0.353. The van der Waals surface area contributed by atoms with Gasteiger partial charge in [-0.1, -0.05) is 0 Å². The van der Waals surface area contributed by atoms with Gasteiger partial charge in [0.05, 0.1) is 32.9 Å². The number of urea groups is 1. The predicted molar refractivity (Wildman–Crippen MR) is 97.0 cm³/mol. The quantitative estimate of drug-likeness (QED) is 0.795. The average molecular weight is 376 g/mol. The van der Waals surface area contributed by atoms with E-state index >= 15 is 0 Å². The molecular formula is C17H20N4O6. The normalized spacial score (nSPS) is 15.4. The minimum absolute atomic E-state index is 0.144. The van der Waals surface area contributed by atoms with E-state index in [1.165, 1.54) is 40.0 Å². The van der Waals surface area contributed by atoms with Crippen LogP contribution in [0.25, 0.3) is 0 Å². The van der Waals surface area contributed by atoms with Crippen LogP contribution < -0.4 is 36.1 Å². The zero-order chi connectivity index (χ0) is 19.9. The number of fused-ring (bicyclic) bond motifs is 1. The lowest BCUT2D eigenvalue weighted by Crippen LogP contribution is -2.49. The predicted octanol–water partition coefficient (Wildman–Crippen LogP) is 0.334.